The van der Waals surface area contributed by atoms with Crippen LogP contribution >= 0.6 is 22.7 Å². The van der Waals surface area contributed by atoms with E-state index in [1.807, 2.05) is 34.8 Å². The van der Waals surface area contributed by atoms with Gasteiger partial charge in [-0.25, -0.2) is 0 Å². The van der Waals surface area contributed by atoms with Gasteiger partial charge in [0.25, 0.3) is 0 Å². The fraction of sp³-hybridized carbons (Fsp3) is 0. The molecular formula is C142H95N3OS2. The van der Waals surface area contributed by atoms with E-state index < -0.39 is 0 Å². The summed E-state index contributed by atoms with van der Waals surface area (Å²) >= 11 is 3.71. The van der Waals surface area contributed by atoms with E-state index in [0.717, 1.165) is 67.4 Å². The summed E-state index contributed by atoms with van der Waals surface area (Å²) in [6.45, 7) is 0. The molecule has 0 saturated carbocycles. The third-order valence-electron chi connectivity index (χ3n) is 28.8. The second kappa shape index (κ2) is 39.5. The normalized spacial score (nSPS) is 11.4. The number of rotatable bonds is 18. The first-order chi connectivity index (χ1) is 73.4. The van der Waals surface area contributed by atoms with Gasteiger partial charge in [-0.3, -0.25) is 0 Å². The molecule has 3 heterocycles. The first-order valence-corrected chi connectivity index (χ1v) is 52.1. The number of nitrogens with zero attached hydrogens (tertiary/aromatic N) is 3. The van der Waals surface area contributed by atoms with Crippen LogP contribution in [0.15, 0.2) is 581 Å². The zero-order valence-electron chi connectivity index (χ0n) is 80.9. The Balaban J connectivity index is 0.000000112. The maximum atomic E-state index is 6.33. The number of fused-ring (bicyclic) bond motifs is 13. The van der Waals surface area contributed by atoms with Gasteiger partial charge in [0.2, 0.25) is 0 Å². The minimum atomic E-state index is 0.875. The highest BCUT2D eigenvalue weighted by molar-refractivity contribution is 7.26. The topological polar surface area (TPSA) is 22.9 Å². The molecule has 0 spiro atoms. The van der Waals surface area contributed by atoms with Crippen molar-refractivity contribution in [1.82, 2.24) is 0 Å². The quantitative estimate of drug-likeness (QED) is 0.0854. The van der Waals surface area contributed by atoms with Crippen LogP contribution in [-0.2, 0) is 0 Å². The van der Waals surface area contributed by atoms with Gasteiger partial charge in [-0.15, -0.1) is 22.7 Å². The minimum absolute atomic E-state index is 0.875. The molecule has 4 nitrogen and oxygen atoms in total. The molecule has 0 amide bonds. The van der Waals surface area contributed by atoms with Crippen molar-refractivity contribution in [3.8, 4) is 100 Å². The molecule has 148 heavy (non-hydrogen) atoms. The van der Waals surface area contributed by atoms with E-state index in [4.69, 9.17) is 4.42 Å². The highest BCUT2D eigenvalue weighted by Crippen LogP contribution is 2.52. The molecule has 3 aromatic heterocycles. The van der Waals surface area contributed by atoms with Crippen molar-refractivity contribution < 1.29 is 4.42 Å². The lowest BCUT2D eigenvalue weighted by atomic mass is 9.90. The van der Waals surface area contributed by atoms with E-state index >= 15 is 0 Å². The number of thiophene rings is 2. The largest absolute Gasteiger partial charge is 0.456 e. The lowest BCUT2D eigenvalue weighted by molar-refractivity contribution is 0.669. The van der Waals surface area contributed by atoms with Gasteiger partial charge in [-0.2, -0.15) is 0 Å². The number of furan rings is 1. The minimum Gasteiger partial charge on any atom is -0.456 e. The maximum absolute atomic E-state index is 6.33. The molecule has 696 valence electrons. The summed E-state index contributed by atoms with van der Waals surface area (Å²) < 4.78 is 11.5. The van der Waals surface area contributed by atoms with Gasteiger partial charge in [0.15, 0.2) is 0 Å². The molecule has 0 aliphatic carbocycles. The van der Waals surface area contributed by atoms with E-state index in [2.05, 4.69) is 579 Å². The molecule has 0 aliphatic rings. The van der Waals surface area contributed by atoms with Crippen molar-refractivity contribution in [1.29, 1.82) is 0 Å². The van der Waals surface area contributed by atoms with E-state index in [9.17, 15) is 0 Å². The van der Waals surface area contributed by atoms with Gasteiger partial charge >= 0.3 is 0 Å². The summed E-state index contributed by atoms with van der Waals surface area (Å²) in [4.78, 5) is 7.15. The number of hydrogen-bond acceptors (Lipinski definition) is 6. The smallest absolute Gasteiger partial charge is 0.137 e. The van der Waals surface area contributed by atoms with E-state index in [-0.39, 0.29) is 0 Å². The van der Waals surface area contributed by atoms with Crippen LogP contribution in [0.2, 0.25) is 0 Å². The SMILES string of the molecule is c1ccc(-c2c(-c3ccc(N(c4ccc(-c5cccc6ccccc56)cc4)c4ccc5c(c4)sc4ccccc45)cc3)ccc3ccccc23)cc1.c1ccc(-c2ccc(N(c3ccc(-c4ccc5ccccc5c4-c4ccccc4)cc3)c3cccc4oc5ccccc5c34)cc2)cc1.c1ccc(-c2ccc(N(c3ccc(-c4ccc5ccccc5c4-c4ccccc4)cc3)c3cccc4sc5ccccc5c34)cc2)cc1. The van der Waals surface area contributed by atoms with Crippen LogP contribution in [-0.4, -0.2) is 0 Å². The molecule has 0 bridgehead atoms. The Labute approximate surface area is 868 Å². The zero-order chi connectivity index (χ0) is 98.2. The Bertz CT molecular complexity index is 9370. The molecule has 28 rings (SSSR count). The summed E-state index contributed by atoms with van der Waals surface area (Å²) in [6, 6.07) is 208. The third kappa shape index (κ3) is 17.1. The van der Waals surface area contributed by atoms with Crippen LogP contribution in [0, 0.1) is 0 Å². The highest BCUT2D eigenvalue weighted by atomic mass is 32.1. The van der Waals surface area contributed by atoms with Crippen molar-refractivity contribution in [2.24, 2.45) is 0 Å². The van der Waals surface area contributed by atoms with Gasteiger partial charge in [-0.05, 0) is 271 Å². The second-order valence-corrected chi connectivity index (χ2v) is 39.7. The highest BCUT2D eigenvalue weighted by Gasteiger charge is 2.26. The zero-order valence-corrected chi connectivity index (χ0v) is 82.5. The first kappa shape index (κ1) is 89.3. The number of para-hydroxylation sites is 1. The molecule has 0 radical (unpaired) electrons. The van der Waals surface area contributed by atoms with Gasteiger partial charge in [0, 0.05) is 85.5 Å². The van der Waals surface area contributed by atoms with E-state index in [1.165, 1.54) is 189 Å². The molecule has 0 saturated heterocycles. The standard InChI is InChI=1S/C50H33NS.C46H31NO.C46H31NS/c1-2-13-38(14-3-1)50-44-17-7-5-12-35(44)25-31-45(50)37-23-28-40(29-24-37)51(41-30-32-47-46-18-8-9-20-48(46)52-49(47)33-41)39-26-21-36(22-27-39)43-19-10-15-34-11-4-6-16-42(34)43;2*1-3-12-32(13-4-1)33-22-27-37(28-23-33)47(42-19-11-21-44-46(42)41-18-9-10-20-43(41)48-44)38-29-24-35(25-30-38)40-31-26-34-14-7-8-17-39(34)45(40)36-15-5-2-6-16-36/h1-33H;2*1-31H. The molecule has 0 N–H and O–H groups in total. The van der Waals surface area contributed by atoms with Gasteiger partial charge < -0.3 is 19.1 Å². The first-order valence-electron chi connectivity index (χ1n) is 50.5. The second-order valence-electron chi connectivity index (χ2n) is 37.5. The average Bonchev–Trinajstić information content (AvgIpc) is 1.52. The maximum Gasteiger partial charge on any atom is 0.137 e. The molecule has 6 heteroatoms. The third-order valence-corrected chi connectivity index (χ3v) is 31.1. The van der Waals surface area contributed by atoms with Crippen molar-refractivity contribution in [3.05, 3.63) is 576 Å². The van der Waals surface area contributed by atoms with Gasteiger partial charge in [0.1, 0.15) is 11.2 Å². The molecule has 28 aromatic rings. The van der Waals surface area contributed by atoms with Crippen LogP contribution in [0.25, 0.3) is 206 Å². The molecule has 0 unspecified atom stereocenters. The molecule has 0 atom stereocenters. The summed E-state index contributed by atoms with van der Waals surface area (Å²) in [5.74, 6) is 0. The summed E-state index contributed by atoms with van der Waals surface area (Å²) in [5, 5.41) is 17.4. The van der Waals surface area contributed by atoms with Crippen molar-refractivity contribution in [2.75, 3.05) is 14.7 Å². The lowest BCUT2D eigenvalue weighted by Crippen LogP contribution is -2.10. The summed E-state index contributed by atoms with van der Waals surface area (Å²) in [6.07, 6.45) is 0. The number of benzene rings is 25. The predicted octanol–water partition coefficient (Wildman–Crippen LogP) is 41.7. The molecular weight excluding hydrogens is 1830 g/mol. The molecule has 0 fully saturated rings. The number of hydrogen-bond donors (Lipinski definition) is 0. The predicted molar refractivity (Wildman–Crippen MR) is 635 cm³/mol. The van der Waals surface area contributed by atoms with Crippen molar-refractivity contribution in [3.63, 3.8) is 0 Å². The van der Waals surface area contributed by atoms with Crippen molar-refractivity contribution in [2.45, 2.75) is 0 Å². The van der Waals surface area contributed by atoms with Crippen LogP contribution in [0.4, 0.5) is 51.2 Å². The van der Waals surface area contributed by atoms with Gasteiger partial charge in [-0.1, -0.05) is 449 Å². The van der Waals surface area contributed by atoms with E-state index in [1.54, 1.807) is 0 Å². The molecule has 0 aliphatic heterocycles. The Morgan fingerprint density at radius 1 is 0.142 bits per heavy atom. The lowest BCUT2D eigenvalue weighted by Gasteiger charge is -2.27. The Kier molecular flexibility index (Phi) is 23.8. The van der Waals surface area contributed by atoms with Crippen LogP contribution in [0.1, 0.15) is 0 Å². The Morgan fingerprint density at radius 3 is 0.872 bits per heavy atom. The van der Waals surface area contributed by atoms with Gasteiger partial charge in [0.05, 0.1) is 16.8 Å². The fourth-order valence-electron chi connectivity index (χ4n) is 21.8. The molecule has 25 aromatic carbocycles. The van der Waals surface area contributed by atoms with Crippen LogP contribution < -0.4 is 14.7 Å². The van der Waals surface area contributed by atoms with E-state index in [0.29, 0.717) is 0 Å². The van der Waals surface area contributed by atoms with Crippen LogP contribution in [0.5, 0.6) is 0 Å². The fourth-order valence-corrected chi connectivity index (χ4v) is 24.1. The average molecular weight is 1920 g/mol. The summed E-state index contributed by atoms with van der Waals surface area (Å²) in [7, 11) is 0. The Morgan fingerprint density at radius 2 is 0.426 bits per heavy atom. The summed E-state index contributed by atoms with van der Waals surface area (Å²) in [5.41, 5.74) is 33.8. The Hall–Kier alpha value is -18.8. The number of anilines is 9. The van der Waals surface area contributed by atoms with Crippen molar-refractivity contribution >= 4 is 179 Å². The van der Waals surface area contributed by atoms with Crippen LogP contribution in [0.3, 0.4) is 0 Å². The monoisotopic (exact) mass is 1920 g/mol.